The highest BCUT2D eigenvalue weighted by Crippen LogP contribution is 2.17. The molecular formula is C16H22F2N2O3. The fraction of sp³-hybridized carbons (Fsp3) is 0.500. The van der Waals surface area contributed by atoms with Crippen LogP contribution in [0.1, 0.15) is 51.9 Å². The predicted molar refractivity (Wildman–Crippen MR) is 81.7 cm³/mol. The van der Waals surface area contributed by atoms with Crippen LogP contribution in [0.25, 0.3) is 0 Å². The van der Waals surface area contributed by atoms with Gasteiger partial charge in [0.25, 0.3) is 5.91 Å². The molecule has 0 spiro atoms. The number of hydrazine groups is 1. The summed E-state index contributed by atoms with van der Waals surface area (Å²) in [5.41, 5.74) is 0.545. The van der Waals surface area contributed by atoms with E-state index >= 15 is 0 Å². The number of rotatable bonds is 1. The molecule has 5 nitrogen and oxygen atoms in total. The number of amides is 2. The summed E-state index contributed by atoms with van der Waals surface area (Å²) in [6.45, 7) is 10.1. The van der Waals surface area contributed by atoms with E-state index in [2.05, 4.69) is 5.43 Å². The van der Waals surface area contributed by atoms with Gasteiger partial charge in [0, 0.05) is 11.6 Å². The minimum absolute atomic E-state index is 0.236. The molecule has 1 N–H and O–H groups in total. The Morgan fingerprint density at radius 1 is 1.00 bits per heavy atom. The van der Waals surface area contributed by atoms with Gasteiger partial charge in [-0.1, -0.05) is 0 Å². The number of hydrogen-bond acceptors (Lipinski definition) is 3. The molecule has 1 aromatic rings. The molecule has 0 radical (unpaired) electrons. The standard InChI is InChI=1S/C16H22F2N2O3/c1-15(2,3)20(14(22)23-16(4,5)6)19-13(21)10-7-11(17)9-12(18)8-10/h7-9H,1-6H3,(H,19,21). The average molecular weight is 328 g/mol. The molecule has 0 unspecified atom stereocenters. The van der Waals surface area contributed by atoms with E-state index in [0.29, 0.717) is 6.07 Å². The molecule has 23 heavy (non-hydrogen) atoms. The first-order valence-electron chi connectivity index (χ1n) is 7.10. The largest absolute Gasteiger partial charge is 0.442 e. The Labute approximate surface area is 134 Å². The van der Waals surface area contributed by atoms with Crippen molar-refractivity contribution in [1.82, 2.24) is 10.4 Å². The van der Waals surface area contributed by atoms with Crippen molar-refractivity contribution in [2.45, 2.75) is 52.7 Å². The molecule has 0 saturated heterocycles. The van der Waals surface area contributed by atoms with Crippen LogP contribution in [0.5, 0.6) is 0 Å². The molecule has 0 saturated carbocycles. The fourth-order valence-corrected chi connectivity index (χ4v) is 1.65. The number of nitrogens with one attached hydrogen (secondary N) is 1. The summed E-state index contributed by atoms with van der Waals surface area (Å²) in [5.74, 6) is -2.58. The third-order valence-corrected chi connectivity index (χ3v) is 2.58. The van der Waals surface area contributed by atoms with Crippen LogP contribution in [0.4, 0.5) is 13.6 Å². The minimum Gasteiger partial charge on any atom is -0.442 e. The highest BCUT2D eigenvalue weighted by molar-refractivity contribution is 5.95. The third-order valence-electron chi connectivity index (χ3n) is 2.58. The van der Waals surface area contributed by atoms with E-state index in [0.717, 1.165) is 17.1 Å². The van der Waals surface area contributed by atoms with Crippen LogP contribution < -0.4 is 5.43 Å². The summed E-state index contributed by atoms with van der Waals surface area (Å²) in [4.78, 5) is 24.4. The lowest BCUT2D eigenvalue weighted by Gasteiger charge is -2.36. The van der Waals surface area contributed by atoms with Crippen molar-refractivity contribution in [2.75, 3.05) is 0 Å². The number of carbonyl (C=O) groups excluding carboxylic acids is 2. The highest BCUT2D eigenvalue weighted by Gasteiger charge is 2.32. The van der Waals surface area contributed by atoms with Crippen molar-refractivity contribution >= 4 is 12.0 Å². The Bertz CT molecular complexity index is 584. The van der Waals surface area contributed by atoms with Gasteiger partial charge in [0.1, 0.15) is 17.2 Å². The Balaban J connectivity index is 3.02. The molecule has 0 aliphatic heterocycles. The van der Waals surface area contributed by atoms with E-state index in [9.17, 15) is 18.4 Å². The van der Waals surface area contributed by atoms with Gasteiger partial charge in [-0.05, 0) is 53.7 Å². The Hall–Kier alpha value is -2.18. The van der Waals surface area contributed by atoms with Crippen molar-refractivity contribution in [3.05, 3.63) is 35.4 Å². The van der Waals surface area contributed by atoms with Crippen LogP contribution in [0, 0.1) is 11.6 Å². The van der Waals surface area contributed by atoms with Gasteiger partial charge in [-0.2, -0.15) is 0 Å². The second kappa shape index (κ2) is 6.52. The van der Waals surface area contributed by atoms with Gasteiger partial charge in [-0.15, -0.1) is 0 Å². The minimum atomic E-state index is -0.880. The first kappa shape index (κ1) is 18.9. The number of carbonyl (C=O) groups is 2. The zero-order chi connectivity index (χ0) is 18.0. The number of ether oxygens (including phenoxy) is 1. The molecule has 0 heterocycles. The first-order chi connectivity index (χ1) is 10.3. The van der Waals surface area contributed by atoms with Crippen molar-refractivity contribution in [3.63, 3.8) is 0 Å². The van der Waals surface area contributed by atoms with Crippen LogP contribution >= 0.6 is 0 Å². The fourth-order valence-electron chi connectivity index (χ4n) is 1.65. The van der Waals surface area contributed by atoms with Gasteiger partial charge in [-0.25, -0.2) is 18.6 Å². The van der Waals surface area contributed by atoms with E-state index in [1.807, 2.05) is 0 Å². The Morgan fingerprint density at radius 2 is 1.48 bits per heavy atom. The lowest BCUT2D eigenvalue weighted by molar-refractivity contribution is -0.00965. The molecule has 0 aliphatic rings. The smallest absolute Gasteiger partial charge is 0.429 e. The van der Waals surface area contributed by atoms with E-state index in [1.165, 1.54) is 0 Å². The van der Waals surface area contributed by atoms with E-state index in [-0.39, 0.29) is 5.56 Å². The van der Waals surface area contributed by atoms with Gasteiger partial charge in [0.05, 0.1) is 5.54 Å². The molecule has 1 rings (SSSR count). The molecule has 7 heteroatoms. The first-order valence-corrected chi connectivity index (χ1v) is 7.10. The van der Waals surface area contributed by atoms with Crippen LogP contribution in [0.3, 0.4) is 0 Å². The molecule has 0 aliphatic carbocycles. The molecule has 128 valence electrons. The van der Waals surface area contributed by atoms with Crippen LogP contribution in [-0.4, -0.2) is 28.1 Å². The summed E-state index contributed by atoms with van der Waals surface area (Å²) < 4.78 is 31.7. The van der Waals surface area contributed by atoms with Gasteiger partial charge < -0.3 is 4.74 Å². The molecular weight excluding hydrogens is 306 g/mol. The van der Waals surface area contributed by atoms with Crippen molar-refractivity contribution in [2.24, 2.45) is 0 Å². The molecule has 0 fully saturated rings. The monoisotopic (exact) mass is 328 g/mol. The lowest BCUT2D eigenvalue weighted by atomic mass is 10.1. The Kier molecular flexibility index (Phi) is 5.35. The van der Waals surface area contributed by atoms with Gasteiger partial charge in [0.15, 0.2) is 0 Å². The average Bonchev–Trinajstić information content (AvgIpc) is 2.30. The summed E-state index contributed by atoms with van der Waals surface area (Å²) >= 11 is 0. The molecule has 2 amide bonds. The van der Waals surface area contributed by atoms with Crippen molar-refractivity contribution in [3.8, 4) is 0 Å². The topological polar surface area (TPSA) is 58.6 Å². The summed E-state index contributed by atoms with van der Waals surface area (Å²) in [6.07, 6.45) is -0.768. The number of benzene rings is 1. The maximum absolute atomic E-state index is 13.2. The van der Waals surface area contributed by atoms with Crippen molar-refractivity contribution in [1.29, 1.82) is 0 Å². The summed E-state index contributed by atoms with van der Waals surface area (Å²) in [5, 5.41) is 0.989. The van der Waals surface area contributed by atoms with E-state index in [4.69, 9.17) is 4.74 Å². The van der Waals surface area contributed by atoms with Crippen LogP contribution in [0.2, 0.25) is 0 Å². The second-order valence-corrected chi connectivity index (χ2v) is 7.09. The SMILES string of the molecule is CC(C)(C)OC(=O)N(NC(=O)c1cc(F)cc(F)c1)C(C)(C)C. The van der Waals surface area contributed by atoms with Gasteiger partial charge in [-0.3, -0.25) is 10.2 Å². The maximum atomic E-state index is 13.2. The normalized spacial score (nSPS) is 11.8. The molecule has 0 atom stereocenters. The van der Waals surface area contributed by atoms with Gasteiger partial charge >= 0.3 is 6.09 Å². The summed E-state index contributed by atoms with van der Waals surface area (Å²) in [6, 6.07) is 2.43. The third kappa shape index (κ3) is 5.84. The quantitative estimate of drug-likeness (QED) is 0.801. The number of halogens is 2. The highest BCUT2D eigenvalue weighted by atomic mass is 19.1. The summed E-state index contributed by atoms with van der Waals surface area (Å²) in [7, 11) is 0. The predicted octanol–water partition coefficient (Wildman–Crippen LogP) is 3.65. The van der Waals surface area contributed by atoms with Crippen LogP contribution in [-0.2, 0) is 4.74 Å². The number of nitrogens with zero attached hydrogens (tertiary/aromatic N) is 1. The van der Waals surface area contributed by atoms with Gasteiger partial charge in [0.2, 0.25) is 0 Å². The van der Waals surface area contributed by atoms with Crippen LogP contribution in [0.15, 0.2) is 18.2 Å². The van der Waals surface area contributed by atoms with Crippen molar-refractivity contribution < 1.29 is 23.1 Å². The lowest BCUT2D eigenvalue weighted by Crippen LogP contribution is -2.57. The molecule has 0 aromatic heterocycles. The number of hydrogen-bond donors (Lipinski definition) is 1. The zero-order valence-corrected chi connectivity index (χ0v) is 14.2. The van der Waals surface area contributed by atoms with E-state index < -0.39 is 34.8 Å². The Morgan fingerprint density at radius 3 is 1.87 bits per heavy atom. The second-order valence-electron chi connectivity index (χ2n) is 7.09. The maximum Gasteiger partial charge on any atom is 0.429 e. The molecule has 0 bridgehead atoms. The molecule has 1 aromatic carbocycles. The zero-order valence-electron chi connectivity index (χ0n) is 14.2. The van der Waals surface area contributed by atoms with E-state index in [1.54, 1.807) is 41.5 Å².